The van der Waals surface area contributed by atoms with Gasteiger partial charge in [0.15, 0.2) is 0 Å². The largest absolute Gasteiger partial charge is 0.481 e. The van der Waals surface area contributed by atoms with Gasteiger partial charge in [-0.05, 0) is 36.8 Å². The molecule has 0 bridgehead atoms. The number of hydrogen-bond acceptors (Lipinski definition) is 4. The Hall–Kier alpha value is -2.09. The second kappa shape index (κ2) is 8.25. The first kappa shape index (κ1) is 17.0. The fraction of sp³-hybridized carbons (Fsp3) is 0.462. The van der Waals surface area contributed by atoms with Crippen molar-refractivity contribution in [1.29, 1.82) is 0 Å². The molecule has 1 aromatic rings. The molecule has 1 aromatic heterocycles. The number of aliphatic carboxylic acids is 2. The highest BCUT2D eigenvalue weighted by Crippen LogP contribution is 2.14. The molecule has 0 radical (unpaired) electrons. The van der Waals surface area contributed by atoms with E-state index in [0.29, 0.717) is 6.54 Å². The van der Waals surface area contributed by atoms with Crippen LogP contribution in [0.3, 0.4) is 0 Å². The van der Waals surface area contributed by atoms with Crippen LogP contribution in [0.2, 0.25) is 0 Å². The van der Waals surface area contributed by atoms with E-state index in [4.69, 9.17) is 10.2 Å². The third-order valence-electron chi connectivity index (χ3n) is 2.86. The molecule has 0 aliphatic carbocycles. The van der Waals surface area contributed by atoms with Gasteiger partial charge in [0.1, 0.15) is 6.04 Å². The van der Waals surface area contributed by atoms with E-state index < -0.39 is 24.0 Å². The number of carboxylic acid groups (broad SMARTS) is 2. The third kappa shape index (κ3) is 6.26. The SMILES string of the molecule is Cc1ccsc1CNC(=O)N[C@H](CCCC(=O)O)C(=O)O. The van der Waals surface area contributed by atoms with E-state index in [2.05, 4.69) is 10.6 Å². The number of hydrogen-bond donors (Lipinski definition) is 4. The number of carboxylic acids is 2. The van der Waals surface area contributed by atoms with E-state index in [-0.39, 0.29) is 19.3 Å². The maximum Gasteiger partial charge on any atom is 0.326 e. The minimum absolute atomic E-state index is 0.0765. The van der Waals surface area contributed by atoms with Crippen LogP contribution in [0.5, 0.6) is 0 Å². The summed E-state index contributed by atoms with van der Waals surface area (Å²) >= 11 is 1.51. The predicted molar refractivity (Wildman–Crippen MR) is 77.3 cm³/mol. The average molecular weight is 314 g/mol. The van der Waals surface area contributed by atoms with Crippen molar-refractivity contribution in [3.05, 3.63) is 21.9 Å². The normalized spacial score (nSPS) is 11.7. The highest BCUT2D eigenvalue weighted by molar-refractivity contribution is 7.10. The summed E-state index contributed by atoms with van der Waals surface area (Å²) < 4.78 is 0. The zero-order valence-electron chi connectivity index (χ0n) is 11.6. The molecular formula is C13H18N2O5S. The third-order valence-corrected chi connectivity index (χ3v) is 3.89. The molecule has 4 N–H and O–H groups in total. The number of carbonyl (C=O) groups is 3. The van der Waals surface area contributed by atoms with E-state index in [1.807, 2.05) is 18.4 Å². The van der Waals surface area contributed by atoms with E-state index in [0.717, 1.165) is 10.4 Å². The monoisotopic (exact) mass is 314 g/mol. The first-order chi connectivity index (χ1) is 9.90. The topological polar surface area (TPSA) is 116 Å². The molecule has 0 spiro atoms. The number of carbonyl (C=O) groups excluding carboxylic acids is 1. The molecule has 0 aliphatic heterocycles. The Morgan fingerprint density at radius 1 is 1.33 bits per heavy atom. The molecule has 2 amide bonds. The van der Waals surface area contributed by atoms with Gasteiger partial charge in [-0.2, -0.15) is 0 Å². The number of urea groups is 1. The fourth-order valence-corrected chi connectivity index (χ4v) is 2.52. The van der Waals surface area contributed by atoms with Gasteiger partial charge in [0.2, 0.25) is 0 Å². The lowest BCUT2D eigenvalue weighted by atomic mass is 10.1. The summed E-state index contributed by atoms with van der Waals surface area (Å²) in [6.45, 7) is 2.26. The quantitative estimate of drug-likeness (QED) is 0.581. The summed E-state index contributed by atoms with van der Waals surface area (Å²) in [5, 5.41) is 24.4. The minimum atomic E-state index is -1.18. The molecule has 1 atom stereocenters. The molecular weight excluding hydrogens is 296 g/mol. The van der Waals surface area contributed by atoms with Crippen LogP contribution in [0, 0.1) is 6.92 Å². The molecule has 0 saturated carbocycles. The predicted octanol–water partition coefficient (Wildman–Crippen LogP) is 1.56. The van der Waals surface area contributed by atoms with Gasteiger partial charge in [0, 0.05) is 11.3 Å². The first-order valence-corrected chi connectivity index (χ1v) is 7.30. The van der Waals surface area contributed by atoms with Crippen LogP contribution in [0.4, 0.5) is 4.79 Å². The van der Waals surface area contributed by atoms with Gasteiger partial charge in [-0.3, -0.25) is 4.79 Å². The van der Waals surface area contributed by atoms with Crippen LogP contribution in [0.1, 0.15) is 29.7 Å². The highest BCUT2D eigenvalue weighted by Gasteiger charge is 2.19. The molecule has 0 fully saturated rings. The fourth-order valence-electron chi connectivity index (χ4n) is 1.67. The average Bonchev–Trinajstić information content (AvgIpc) is 2.80. The molecule has 0 aromatic carbocycles. The Morgan fingerprint density at radius 2 is 2.05 bits per heavy atom. The molecule has 1 heterocycles. The second-order valence-electron chi connectivity index (χ2n) is 4.53. The van der Waals surface area contributed by atoms with Crippen molar-refractivity contribution in [3.8, 4) is 0 Å². The summed E-state index contributed by atoms with van der Waals surface area (Å²) in [6.07, 6.45) is 0.144. The molecule has 21 heavy (non-hydrogen) atoms. The summed E-state index contributed by atoms with van der Waals surface area (Å²) in [6, 6.07) is 0.269. The van der Waals surface area contributed by atoms with Gasteiger partial charge in [-0.25, -0.2) is 9.59 Å². The van der Waals surface area contributed by atoms with Crippen molar-refractivity contribution >= 4 is 29.3 Å². The molecule has 7 nitrogen and oxygen atoms in total. The molecule has 0 unspecified atom stereocenters. The molecule has 116 valence electrons. The van der Waals surface area contributed by atoms with Crippen molar-refractivity contribution in [2.75, 3.05) is 0 Å². The Kier molecular flexibility index (Phi) is 6.67. The number of aryl methyl sites for hydroxylation is 1. The molecule has 1 rings (SSSR count). The zero-order chi connectivity index (χ0) is 15.8. The number of nitrogens with one attached hydrogen (secondary N) is 2. The van der Waals surface area contributed by atoms with E-state index in [9.17, 15) is 14.4 Å². The first-order valence-electron chi connectivity index (χ1n) is 6.42. The number of thiophene rings is 1. The van der Waals surface area contributed by atoms with Crippen LogP contribution in [0.15, 0.2) is 11.4 Å². The summed E-state index contributed by atoms with van der Waals surface area (Å²) in [7, 11) is 0. The summed E-state index contributed by atoms with van der Waals surface area (Å²) in [5.41, 5.74) is 1.07. The van der Waals surface area contributed by atoms with Crippen molar-refractivity contribution < 1.29 is 24.6 Å². The van der Waals surface area contributed by atoms with Crippen LogP contribution in [0.25, 0.3) is 0 Å². The Bertz CT molecular complexity index is 514. The van der Waals surface area contributed by atoms with Crippen LogP contribution in [-0.2, 0) is 16.1 Å². The van der Waals surface area contributed by atoms with Crippen LogP contribution >= 0.6 is 11.3 Å². The number of rotatable bonds is 8. The highest BCUT2D eigenvalue weighted by atomic mass is 32.1. The minimum Gasteiger partial charge on any atom is -0.481 e. The zero-order valence-corrected chi connectivity index (χ0v) is 12.4. The lowest BCUT2D eigenvalue weighted by molar-refractivity contribution is -0.140. The van der Waals surface area contributed by atoms with Crippen molar-refractivity contribution in [1.82, 2.24) is 10.6 Å². The van der Waals surface area contributed by atoms with Gasteiger partial charge >= 0.3 is 18.0 Å². The van der Waals surface area contributed by atoms with Gasteiger partial charge in [0.05, 0.1) is 6.54 Å². The van der Waals surface area contributed by atoms with E-state index in [1.54, 1.807) is 0 Å². The second-order valence-corrected chi connectivity index (χ2v) is 5.53. The van der Waals surface area contributed by atoms with Crippen molar-refractivity contribution in [3.63, 3.8) is 0 Å². The summed E-state index contributed by atoms with van der Waals surface area (Å²) in [5.74, 6) is -2.17. The Balaban J connectivity index is 2.39. The van der Waals surface area contributed by atoms with Gasteiger partial charge in [-0.1, -0.05) is 0 Å². The maximum atomic E-state index is 11.7. The Labute approximate surface area is 126 Å². The van der Waals surface area contributed by atoms with Crippen LogP contribution in [-0.4, -0.2) is 34.2 Å². The molecule has 0 aliphatic rings. The van der Waals surface area contributed by atoms with Gasteiger partial charge in [-0.15, -0.1) is 11.3 Å². The van der Waals surface area contributed by atoms with Crippen LogP contribution < -0.4 is 10.6 Å². The number of amides is 2. The standard InChI is InChI=1S/C13H18N2O5S/c1-8-5-6-21-10(8)7-14-13(20)15-9(12(18)19)3-2-4-11(16)17/h5-6,9H,2-4,7H2,1H3,(H,16,17)(H,18,19)(H2,14,15,20)/t9-/m1/s1. The van der Waals surface area contributed by atoms with E-state index >= 15 is 0 Å². The van der Waals surface area contributed by atoms with E-state index in [1.165, 1.54) is 11.3 Å². The van der Waals surface area contributed by atoms with Gasteiger partial charge in [0.25, 0.3) is 0 Å². The lowest BCUT2D eigenvalue weighted by Gasteiger charge is -2.14. The Morgan fingerprint density at radius 3 is 2.57 bits per heavy atom. The smallest absolute Gasteiger partial charge is 0.326 e. The van der Waals surface area contributed by atoms with Crippen molar-refractivity contribution in [2.45, 2.75) is 38.8 Å². The summed E-state index contributed by atoms with van der Waals surface area (Å²) in [4.78, 5) is 34.1. The molecule has 0 saturated heterocycles. The molecule has 8 heteroatoms. The van der Waals surface area contributed by atoms with Gasteiger partial charge < -0.3 is 20.8 Å². The lowest BCUT2D eigenvalue weighted by Crippen LogP contribution is -2.45. The maximum absolute atomic E-state index is 11.7. The van der Waals surface area contributed by atoms with Crippen molar-refractivity contribution in [2.24, 2.45) is 0 Å².